The van der Waals surface area contributed by atoms with E-state index in [0.717, 1.165) is 11.3 Å². The Balaban J connectivity index is 1.44. The molecule has 3 aromatic rings. The van der Waals surface area contributed by atoms with Crippen molar-refractivity contribution in [1.29, 1.82) is 0 Å². The fourth-order valence-corrected chi connectivity index (χ4v) is 2.96. The van der Waals surface area contributed by atoms with Gasteiger partial charge in [-0.15, -0.1) is 0 Å². The van der Waals surface area contributed by atoms with Crippen molar-refractivity contribution >= 4 is 34.7 Å². The summed E-state index contributed by atoms with van der Waals surface area (Å²) in [5.74, 6) is 1.56. The van der Waals surface area contributed by atoms with Gasteiger partial charge in [0.15, 0.2) is 11.5 Å². The Bertz CT molecular complexity index is 1020. The number of carbonyl (C=O) groups is 1. The van der Waals surface area contributed by atoms with Gasteiger partial charge in [-0.25, -0.2) is 9.97 Å². The van der Waals surface area contributed by atoms with Crippen molar-refractivity contribution in [2.24, 2.45) is 0 Å². The molecule has 0 aliphatic carbocycles. The summed E-state index contributed by atoms with van der Waals surface area (Å²) < 4.78 is 11.1. The van der Waals surface area contributed by atoms with Gasteiger partial charge in [0.2, 0.25) is 0 Å². The molecular weight excluding hydrogens is 380 g/mol. The molecule has 0 atom stereocenters. The van der Waals surface area contributed by atoms with Crippen molar-refractivity contribution < 1.29 is 14.3 Å². The summed E-state index contributed by atoms with van der Waals surface area (Å²) in [7, 11) is 0. The fourth-order valence-electron chi connectivity index (χ4n) is 2.73. The van der Waals surface area contributed by atoms with E-state index < -0.39 is 0 Å². The van der Waals surface area contributed by atoms with Crippen molar-refractivity contribution in [3.63, 3.8) is 0 Å². The molecule has 7 nitrogen and oxygen atoms in total. The molecule has 0 saturated heterocycles. The smallest absolute Gasteiger partial charge is 0.275 e. The molecule has 1 amide bonds. The van der Waals surface area contributed by atoms with Gasteiger partial charge < -0.3 is 20.1 Å². The second-order valence-corrected chi connectivity index (χ2v) is 6.62. The number of hydrogen-bond donors (Lipinski definition) is 2. The number of amides is 1. The van der Waals surface area contributed by atoms with E-state index in [0.29, 0.717) is 41.2 Å². The minimum absolute atomic E-state index is 0.210. The van der Waals surface area contributed by atoms with Crippen LogP contribution < -0.4 is 20.1 Å². The predicted molar refractivity (Wildman–Crippen MR) is 107 cm³/mol. The Morgan fingerprint density at radius 3 is 2.61 bits per heavy atom. The molecule has 142 valence electrons. The van der Waals surface area contributed by atoms with Crippen LogP contribution in [-0.2, 0) is 0 Å². The lowest BCUT2D eigenvalue weighted by Gasteiger charge is -2.19. The van der Waals surface area contributed by atoms with E-state index in [1.807, 2.05) is 25.1 Å². The summed E-state index contributed by atoms with van der Waals surface area (Å²) in [6.07, 6.45) is 2.92. The molecule has 0 bridgehead atoms. The van der Waals surface area contributed by atoms with E-state index in [1.165, 1.54) is 12.4 Å². The van der Waals surface area contributed by atoms with Crippen LogP contribution in [0.2, 0.25) is 5.02 Å². The fraction of sp³-hybridized carbons (Fsp3) is 0.150. The van der Waals surface area contributed by atoms with Gasteiger partial charge in [-0.1, -0.05) is 11.6 Å². The molecule has 8 heteroatoms. The number of benzene rings is 2. The van der Waals surface area contributed by atoms with Crippen LogP contribution in [0.5, 0.6) is 11.5 Å². The van der Waals surface area contributed by atoms with Gasteiger partial charge in [0.25, 0.3) is 5.91 Å². The lowest BCUT2D eigenvalue weighted by atomic mass is 10.2. The average molecular weight is 397 g/mol. The van der Waals surface area contributed by atoms with Crippen molar-refractivity contribution in [3.8, 4) is 11.5 Å². The Labute approximate surface area is 166 Å². The largest absolute Gasteiger partial charge is 0.486 e. The van der Waals surface area contributed by atoms with E-state index in [-0.39, 0.29) is 11.6 Å². The summed E-state index contributed by atoms with van der Waals surface area (Å²) in [5, 5.41) is 6.55. The lowest BCUT2D eigenvalue weighted by molar-refractivity contribution is 0.102. The van der Waals surface area contributed by atoms with Crippen LogP contribution >= 0.6 is 11.6 Å². The molecular formula is C20H17ClN4O3. The highest BCUT2D eigenvalue weighted by Crippen LogP contribution is 2.33. The first-order valence-corrected chi connectivity index (χ1v) is 9.02. The van der Waals surface area contributed by atoms with E-state index in [4.69, 9.17) is 21.1 Å². The highest BCUT2D eigenvalue weighted by Gasteiger charge is 2.13. The van der Waals surface area contributed by atoms with Crippen LogP contribution in [0.1, 0.15) is 16.1 Å². The first-order chi connectivity index (χ1) is 13.6. The first kappa shape index (κ1) is 18.1. The van der Waals surface area contributed by atoms with E-state index in [9.17, 15) is 4.79 Å². The Morgan fingerprint density at radius 2 is 1.86 bits per heavy atom. The van der Waals surface area contributed by atoms with Crippen LogP contribution in [-0.4, -0.2) is 29.1 Å². The number of halogens is 1. The summed E-state index contributed by atoms with van der Waals surface area (Å²) >= 11 is 5.94. The monoisotopic (exact) mass is 396 g/mol. The number of nitrogens with zero attached hydrogens (tertiary/aromatic N) is 2. The average Bonchev–Trinajstić information content (AvgIpc) is 2.70. The zero-order valence-electron chi connectivity index (χ0n) is 15.0. The van der Waals surface area contributed by atoms with E-state index >= 15 is 0 Å². The molecule has 1 aliphatic heterocycles. The van der Waals surface area contributed by atoms with Crippen LogP contribution in [0.25, 0.3) is 0 Å². The van der Waals surface area contributed by atoms with Gasteiger partial charge in [-0.3, -0.25) is 4.79 Å². The van der Waals surface area contributed by atoms with Crippen LogP contribution in [0.4, 0.5) is 17.2 Å². The molecule has 0 spiro atoms. The van der Waals surface area contributed by atoms with Crippen molar-refractivity contribution in [3.05, 3.63) is 65.1 Å². The maximum Gasteiger partial charge on any atom is 0.275 e. The number of hydrogen-bond acceptors (Lipinski definition) is 6. The van der Waals surface area contributed by atoms with E-state index in [2.05, 4.69) is 20.6 Å². The van der Waals surface area contributed by atoms with Crippen molar-refractivity contribution in [2.75, 3.05) is 23.8 Å². The lowest BCUT2D eigenvalue weighted by Crippen LogP contribution is -2.15. The Kier molecular flexibility index (Phi) is 4.99. The number of nitrogens with one attached hydrogen (secondary N) is 2. The Hall–Kier alpha value is -3.32. The maximum atomic E-state index is 12.4. The number of ether oxygens (including phenoxy) is 2. The highest BCUT2D eigenvalue weighted by atomic mass is 35.5. The molecule has 1 aliphatic rings. The highest BCUT2D eigenvalue weighted by molar-refractivity contribution is 6.30. The molecule has 0 radical (unpaired) electrons. The molecule has 28 heavy (non-hydrogen) atoms. The summed E-state index contributed by atoms with van der Waals surface area (Å²) in [6.45, 7) is 2.94. The molecule has 0 saturated carbocycles. The van der Waals surface area contributed by atoms with Crippen LogP contribution in [0, 0.1) is 6.92 Å². The van der Waals surface area contributed by atoms with Crippen molar-refractivity contribution in [1.82, 2.24) is 9.97 Å². The summed E-state index contributed by atoms with van der Waals surface area (Å²) in [5.41, 5.74) is 2.54. The molecule has 0 fully saturated rings. The minimum Gasteiger partial charge on any atom is -0.486 e. The number of carbonyl (C=O) groups excluding carboxylic acids is 1. The number of aryl methyl sites for hydroxylation is 1. The molecule has 2 heterocycles. The second kappa shape index (κ2) is 7.74. The minimum atomic E-state index is -0.344. The molecule has 0 unspecified atom stereocenters. The number of fused-ring (bicyclic) bond motifs is 1. The van der Waals surface area contributed by atoms with E-state index in [1.54, 1.807) is 18.2 Å². The zero-order valence-corrected chi connectivity index (χ0v) is 15.8. The van der Waals surface area contributed by atoms with Crippen molar-refractivity contribution in [2.45, 2.75) is 6.92 Å². The van der Waals surface area contributed by atoms with Gasteiger partial charge in [0.1, 0.15) is 24.7 Å². The summed E-state index contributed by atoms with van der Waals surface area (Å²) in [4.78, 5) is 20.8. The normalized spacial score (nSPS) is 12.4. The van der Waals surface area contributed by atoms with Gasteiger partial charge in [-0.05, 0) is 42.8 Å². The zero-order chi connectivity index (χ0) is 19.5. The second-order valence-electron chi connectivity index (χ2n) is 6.18. The summed E-state index contributed by atoms with van der Waals surface area (Å²) in [6, 6.07) is 10.8. The van der Waals surface area contributed by atoms with Crippen LogP contribution in [0.3, 0.4) is 0 Å². The molecule has 2 N–H and O–H groups in total. The van der Waals surface area contributed by atoms with Crippen LogP contribution in [0.15, 0.2) is 48.8 Å². The third-order valence-corrected chi connectivity index (χ3v) is 4.37. The standard InChI is InChI=1S/C20H17ClN4O3/c1-12-8-13(21)2-4-15(12)25-20(26)16-10-23-19(11-22-16)24-14-3-5-17-18(9-14)28-7-6-27-17/h2-5,8-11H,6-7H2,1H3,(H,23,24)(H,25,26). The number of rotatable bonds is 4. The maximum absolute atomic E-state index is 12.4. The number of aromatic nitrogens is 2. The quantitative estimate of drug-likeness (QED) is 0.687. The third-order valence-electron chi connectivity index (χ3n) is 4.14. The van der Waals surface area contributed by atoms with Gasteiger partial charge in [0.05, 0.1) is 12.4 Å². The van der Waals surface area contributed by atoms with Gasteiger partial charge in [0, 0.05) is 22.5 Å². The topological polar surface area (TPSA) is 85.4 Å². The van der Waals surface area contributed by atoms with Gasteiger partial charge >= 0.3 is 0 Å². The predicted octanol–water partition coefficient (Wildman–Crippen LogP) is 4.21. The first-order valence-electron chi connectivity index (χ1n) is 8.65. The molecule has 4 rings (SSSR count). The van der Waals surface area contributed by atoms with Gasteiger partial charge in [-0.2, -0.15) is 0 Å². The SMILES string of the molecule is Cc1cc(Cl)ccc1NC(=O)c1cnc(Nc2ccc3c(c2)OCCO3)cn1. The number of anilines is 3. The third kappa shape index (κ3) is 3.99. The molecule has 1 aromatic heterocycles. The molecule has 2 aromatic carbocycles. The Morgan fingerprint density at radius 1 is 1.04 bits per heavy atom.